The highest BCUT2D eigenvalue weighted by molar-refractivity contribution is 7.90. The normalized spacial score (nSPS) is 13.1. The van der Waals surface area contributed by atoms with Crippen molar-refractivity contribution >= 4 is 9.84 Å². The summed E-state index contributed by atoms with van der Waals surface area (Å²) in [6.45, 7) is 0. The summed E-state index contributed by atoms with van der Waals surface area (Å²) < 4.78 is 32.4. The van der Waals surface area contributed by atoms with Crippen molar-refractivity contribution in [2.45, 2.75) is 12.5 Å². The number of ether oxygens (including phenoxy) is 1. The lowest BCUT2D eigenvalue weighted by Gasteiger charge is -2.04. The molecule has 1 aromatic carbocycles. The maximum absolute atomic E-state index is 11.1. The smallest absolute Gasteiger partial charge is 0.243 e. The van der Waals surface area contributed by atoms with E-state index in [0.29, 0.717) is 5.82 Å². The van der Waals surface area contributed by atoms with Crippen molar-refractivity contribution in [3.05, 3.63) is 30.2 Å². The van der Waals surface area contributed by atoms with E-state index in [2.05, 4.69) is 10.1 Å². The highest BCUT2D eigenvalue weighted by Gasteiger charge is 2.17. The van der Waals surface area contributed by atoms with Crippen LogP contribution in [-0.4, -0.2) is 37.7 Å². The van der Waals surface area contributed by atoms with Crippen LogP contribution in [-0.2, 0) is 9.84 Å². The number of nitrogens with zero attached hydrogens (tertiary/aromatic N) is 2. The second-order valence-electron chi connectivity index (χ2n) is 4.71. The van der Waals surface area contributed by atoms with Gasteiger partial charge in [-0.2, -0.15) is 4.98 Å². The molecule has 1 heterocycles. The third kappa shape index (κ3) is 4.27. The first-order chi connectivity index (χ1) is 9.89. The second-order valence-corrected chi connectivity index (χ2v) is 6.97. The Morgan fingerprint density at radius 2 is 2.00 bits per heavy atom. The summed E-state index contributed by atoms with van der Waals surface area (Å²) in [5, 5.41) is 3.85. The minimum atomic E-state index is -3.06. The zero-order valence-electron chi connectivity index (χ0n) is 11.8. The van der Waals surface area contributed by atoms with E-state index < -0.39 is 15.9 Å². The average Bonchev–Trinajstić information content (AvgIpc) is 2.94. The molecule has 7 nitrogen and oxygen atoms in total. The molecule has 0 radical (unpaired) electrons. The van der Waals surface area contributed by atoms with Crippen LogP contribution in [0.4, 0.5) is 0 Å². The highest BCUT2D eigenvalue weighted by Crippen LogP contribution is 2.21. The number of methoxy groups -OCH3 is 1. The molecule has 0 amide bonds. The molecule has 0 aliphatic carbocycles. The van der Waals surface area contributed by atoms with Crippen molar-refractivity contribution in [2.75, 3.05) is 19.1 Å². The monoisotopic (exact) mass is 311 g/mol. The Balaban J connectivity index is 2.09. The van der Waals surface area contributed by atoms with Crippen LogP contribution in [0, 0.1) is 0 Å². The molecule has 1 atom stereocenters. The molecule has 2 rings (SSSR count). The van der Waals surface area contributed by atoms with E-state index in [4.69, 9.17) is 15.0 Å². The summed E-state index contributed by atoms with van der Waals surface area (Å²) in [5.74, 6) is 1.34. The third-order valence-corrected chi connectivity index (χ3v) is 3.88. The first-order valence-electron chi connectivity index (χ1n) is 6.30. The lowest BCUT2D eigenvalue weighted by atomic mass is 10.2. The van der Waals surface area contributed by atoms with E-state index in [-0.39, 0.29) is 18.1 Å². The second kappa shape index (κ2) is 6.23. The van der Waals surface area contributed by atoms with Gasteiger partial charge in [-0.3, -0.25) is 0 Å². The summed E-state index contributed by atoms with van der Waals surface area (Å²) in [4.78, 5) is 4.20. The predicted molar refractivity (Wildman–Crippen MR) is 77.5 cm³/mol. The molecule has 2 N–H and O–H groups in total. The standard InChI is InChI=1S/C13H17N3O4S/c1-19-10-5-3-9(4-6-10)12-15-13(20-16-12)11(14)7-8-21(2,17)18/h3-6,11H,7-8,14H2,1-2H3/t11-/m1/s1. The largest absolute Gasteiger partial charge is 0.497 e. The number of nitrogens with two attached hydrogens (primary N) is 1. The lowest BCUT2D eigenvalue weighted by molar-refractivity contribution is 0.352. The van der Waals surface area contributed by atoms with E-state index in [1.54, 1.807) is 31.4 Å². The number of rotatable bonds is 6. The van der Waals surface area contributed by atoms with Gasteiger partial charge in [-0.05, 0) is 30.7 Å². The van der Waals surface area contributed by atoms with Crippen LogP contribution in [0.5, 0.6) is 5.75 Å². The average molecular weight is 311 g/mol. The van der Waals surface area contributed by atoms with E-state index in [0.717, 1.165) is 17.6 Å². The van der Waals surface area contributed by atoms with Crippen LogP contribution in [0.15, 0.2) is 28.8 Å². The summed E-state index contributed by atoms with van der Waals surface area (Å²) in [7, 11) is -1.48. The van der Waals surface area contributed by atoms with Gasteiger partial charge in [0, 0.05) is 11.8 Å². The van der Waals surface area contributed by atoms with Crippen LogP contribution in [0.1, 0.15) is 18.4 Å². The zero-order valence-corrected chi connectivity index (χ0v) is 12.6. The van der Waals surface area contributed by atoms with E-state index in [9.17, 15) is 8.42 Å². The summed E-state index contributed by atoms with van der Waals surface area (Å²) >= 11 is 0. The van der Waals surface area contributed by atoms with Gasteiger partial charge in [0.05, 0.1) is 18.9 Å². The number of hydrogen-bond acceptors (Lipinski definition) is 7. The molecular weight excluding hydrogens is 294 g/mol. The van der Waals surface area contributed by atoms with Crippen molar-refractivity contribution in [2.24, 2.45) is 5.73 Å². The zero-order chi connectivity index (χ0) is 15.5. The lowest BCUT2D eigenvalue weighted by Crippen LogP contribution is -2.16. The maximum atomic E-state index is 11.1. The van der Waals surface area contributed by atoms with Gasteiger partial charge < -0.3 is 15.0 Å². The van der Waals surface area contributed by atoms with Crippen LogP contribution in [0.2, 0.25) is 0 Å². The summed E-state index contributed by atoms with van der Waals surface area (Å²) in [5.41, 5.74) is 6.62. The fourth-order valence-electron chi connectivity index (χ4n) is 1.71. The molecule has 0 saturated carbocycles. The first kappa shape index (κ1) is 15.5. The van der Waals surface area contributed by atoms with Gasteiger partial charge in [-0.25, -0.2) is 8.42 Å². The summed E-state index contributed by atoms with van der Waals surface area (Å²) in [6, 6.07) is 6.58. The van der Waals surface area contributed by atoms with Crippen LogP contribution in [0.3, 0.4) is 0 Å². The molecule has 21 heavy (non-hydrogen) atoms. The summed E-state index contributed by atoms with van der Waals surface area (Å²) in [6.07, 6.45) is 1.40. The SMILES string of the molecule is COc1ccc(-c2noc([C@H](N)CCS(C)(=O)=O)n2)cc1. The predicted octanol–water partition coefficient (Wildman–Crippen LogP) is 1.18. The topological polar surface area (TPSA) is 108 Å². The van der Waals surface area contributed by atoms with Gasteiger partial charge in [-0.15, -0.1) is 0 Å². The molecule has 2 aromatic rings. The molecule has 0 aliphatic rings. The highest BCUT2D eigenvalue weighted by atomic mass is 32.2. The van der Waals surface area contributed by atoms with Crippen molar-refractivity contribution in [1.29, 1.82) is 0 Å². The Bertz CT molecular complexity index is 694. The number of aromatic nitrogens is 2. The van der Waals surface area contributed by atoms with Crippen molar-refractivity contribution < 1.29 is 17.7 Å². The van der Waals surface area contributed by atoms with Gasteiger partial charge in [0.15, 0.2) is 0 Å². The molecule has 0 bridgehead atoms. The fraction of sp³-hybridized carbons (Fsp3) is 0.385. The molecule has 1 aromatic heterocycles. The van der Waals surface area contributed by atoms with E-state index in [1.165, 1.54) is 0 Å². The molecule has 0 unspecified atom stereocenters. The van der Waals surface area contributed by atoms with Gasteiger partial charge in [0.2, 0.25) is 11.7 Å². The fourth-order valence-corrected chi connectivity index (χ4v) is 2.39. The molecule has 0 fully saturated rings. The van der Waals surface area contributed by atoms with Gasteiger partial charge in [0.25, 0.3) is 0 Å². The van der Waals surface area contributed by atoms with Crippen molar-refractivity contribution in [1.82, 2.24) is 10.1 Å². The Morgan fingerprint density at radius 1 is 1.33 bits per heavy atom. The van der Waals surface area contributed by atoms with Crippen molar-refractivity contribution in [3.8, 4) is 17.1 Å². The van der Waals surface area contributed by atoms with Crippen LogP contribution < -0.4 is 10.5 Å². The number of benzene rings is 1. The Morgan fingerprint density at radius 3 is 2.57 bits per heavy atom. The minimum absolute atomic E-state index is 0.0194. The quantitative estimate of drug-likeness (QED) is 0.853. The Kier molecular flexibility index (Phi) is 4.59. The first-order valence-corrected chi connectivity index (χ1v) is 8.36. The Labute approximate surface area is 123 Å². The third-order valence-electron chi connectivity index (χ3n) is 2.91. The van der Waals surface area contributed by atoms with Gasteiger partial charge in [0.1, 0.15) is 15.6 Å². The molecule has 8 heteroatoms. The number of hydrogen-bond donors (Lipinski definition) is 1. The molecular formula is C13H17N3O4S. The van der Waals surface area contributed by atoms with Gasteiger partial charge in [-0.1, -0.05) is 5.16 Å². The number of sulfone groups is 1. The molecule has 0 aliphatic heterocycles. The maximum Gasteiger partial charge on any atom is 0.243 e. The van der Waals surface area contributed by atoms with E-state index >= 15 is 0 Å². The van der Waals surface area contributed by atoms with Gasteiger partial charge >= 0.3 is 0 Å². The van der Waals surface area contributed by atoms with E-state index in [1.807, 2.05) is 0 Å². The molecule has 114 valence electrons. The minimum Gasteiger partial charge on any atom is -0.497 e. The van der Waals surface area contributed by atoms with Crippen molar-refractivity contribution in [3.63, 3.8) is 0 Å². The molecule has 0 saturated heterocycles. The van der Waals surface area contributed by atoms with Crippen LogP contribution in [0.25, 0.3) is 11.4 Å². The van der Waals surface area contributed by atoms with Crippen LogP contribution >= 0.6 is 0 Å². The molecule has 0 spiro atoms. The Hall–Kier alpha value is -1.93.